The van der Waals surface area contributed by atoms with Crippen LogP contribution in [0, 0.1) is 0 Å². The Morgan fingerprint density at radius 2 is 1.71 bits per heavy atom. The number of fused-ring (bicyclic) bond motifs is 1. The van der Waals surface area contributed by atoms with Gasteiger partial charge in [-0.1, -0.05) is 43.3 Å². The topological polar surface area (TPSA) is 69.7 Å². The fourth-order valence-electron chi connectivity index (χ4n) is 3.94. The zero-order valence-electron chi connectivity index (χ0n) is 17.6. The second-order valence-corrected chi connectivity index (χ2v) is 9.46. The fraction of sp³-hybridized carbons (Fsp3) is 0.292. The molecule has 31 heavy (non-hydrogen) atoms. The molecule has 0 bridgehead atoms. The summed E-state index contributed by atoms with van der Waals surface area (Å²) in [6, 6.07) is 19.4. The van der Waals surface area contributed by atoms with E-state index < -0.39 is 10.0 Å². The zero-order valence-corrected chi connectivity index (χ0v) is 18.4. The van der Waals surface area contributed by atoms with Gasteiger partial charge in [-0.15, -0.1) is 0 Å². The Balaban J connectivity index is 1.52. The van der Waals surface area contributed by atoms with Crippen molar-refractivity contribution in [1.29, 1.82) is 0 Å². The summed E-state index contributed by atoms with van der Waals surface area (Å²) in [5.41, 5.74) is 0.868. The third-order valence-corrected chi connectivity index (χ3v) is 7.09. The number of nitrogens with one attached hydrogen (secondary N) is 1. The number of carbonyl (C=O) groups excluding carboxylic acids is 1. The summed E-state index contributed by atoms with van der Waals surface area (Å²) in [6.07, 6.45) is 0.938. The number of nitrogens with zero attached hydrogens (tertiary/aromatic N) is 2. The molecule has 0 saturated carbocycles. The van der Waals surface area contributed by atoms with Crippen molar-refractivity contribution in [3.63, 3.8) is 0 Å². The van der Waals surface area contributed by atoms with Crippen LogP contribution in [0.15, 0.2) is 71.6 Å². The standard InChI is InChI=1S/C24H27N3O3S/c1-2-26-13-6-14-27(16-15-26)24(28)21-9-5-10-22(17-21)25-31(29,30)23-12-11-19-7-3-4-8-20(19)18-23/h3-5,7-12,17-18,25H,2,6,13-16H2,1H3. The zero-order chi connectivity index (χ0) is 21.8. The SMILES string of the molecule is CCN1CCCN(C(=O)c2cccc(NS(=O)(=O)c3ccc4ccccc4c3)c2)CC1. The number of likely N-dealkylation sites (N-methyl/N-ethyl adjacent to an activating group) is 1. The highest BCUT2D eigenvalue weighted by Gasteiger charge is 2.21. The highest BCUT2D eigenvalue weighted by molar-refractivity contribution is 7.92. The molecule has 1 aliphatic heterocycles. The van der Waals surface area contributed by atoms with E-state index in [0.717, 1.165) is 36.8 Å². The van der Waals surface area contributed by atoms with Crippen LogP contribution in [-0.2, 0) is 10.0 Å². The van der Waals surface area contributed by atoms with Crippen LogP contribution in [0.4, 0.5) is 5.69 Å². The number of amides is 1. The lowest BCUT2D eigenvalue weighted by molar-refractivity contribution is 0.0762. The molecule has 1 aliphatic rings. The molecule has 1 saturated heterocycles. The third kappa shape index (κ3) is 4.89. The number of benzene rings is 3. The van der Waals surface area contributed by atoms with Crippen LogP contribution in [0.25, 0.3) is 10.8 Å². The van der Waals surface area contributed by atoms with Crippen LogP contribution in [0.1, 0.15) is 23.7 Å². The van der Waals surface area contributed by atoms with Gasteiger partial charge in [-0.25, -0.2) is 8.42 Å². The molecule has 1 N–H and O–H groups in total. The summed E-state index contributed by atoms with van der Waals surface area (Å²) in [5.74, 6) is -0.0651. The van der Waals surface area contributed by atoms with E-state index in [-0.39, 0.29) is 10.8 Å². The molecule has 0 atom stereocenters. The van der Waals surface area contributed by atoms with E-state index in [2.05, 4.69) is 16.5 Å². The van der Waals surface area contributed by atoms with Gasteiger partial charge >= 0.3 is 0 Å². The molecule has 1 fully saturated rings. The second-order valence-electron chi connectivity index (χ2n) is 7.78. The Labute approximate surface area is 183 Å². The number of hydrogen-bond acceptors (Lipinski definition) is 4. The summed E-state index contributed by atoms with van der Waals surface area (Å²) in [7, 11) is -3.77. The van der Waals surface area contributed by atoms with Crippen LogP contribution < -0.4 is 4.72 Å². The van der Waals surface area contributed by atoms with Crippen molar-refractivity contribution in [2.45, 2.75) is 18.2 Å². The van der Waals surface area contributed by atoms with Gasteiger partial charge in [0.15, 0.2) is 0 Å². The summed E-state index contributed by atoms with van der Waals surface area (Å²) in [6.45, 7) is 6.35. The van der Waals surface area contributed by atoms with Gasteiger partial charge in [0.2, 0.25) is 0 Å². The maximum Gasteiger partial charge on any atom is 0.261 e. The first kappa shape index (κ1) is 21.3. The highest BCUT2D eigenvalue weighted by Crippen LogP contribution is 2.22. The third-order valence-electron chi connectivity index (χ3n) is 5.72. The molecule has 0 radical (unpaired) electrons. The number of rotatable bonds is 5. The summed E-state index contributed by atoms with van der Waals surface area (Å²) >= 11 is 0. The van der Waals surface area contributed by atoms with Gasteiger partial charge in [0.25, 0.3) is 15.9 Å². The first-order valence-electron chi connectivity index (χ1n) is 10.6. The molecule has 0 spiro atoms. The molecule has 4 rings (SSSR count). The van der Waals surface area contributed by atoms with E-state index in [1.165, 1.54) is 0 Å². The molecule has 0 unspecified atom stereocenters. The predicted octanol–water partition coefficient (Wildman–Crippen LogP) is 3.81. The molecule has 3 aromatic carbocycles. The second kappa shape index (κ2) is 9.08. The van der Waals surface area contributed by atoms with E-state index in [0.29, 0.717) is 24.3 Å². The number of sulfonamides is 1. The molecule has 6 nitrogen and oxygen atoms in total. The summed E-state index contributed by atoms with van der Waals surface area (Å²) in [4.78, 5) is 17.4. The minimum Gasteiger partial charge on any atom is -0.337 e. The molecule has 3 aromatic rings. The van der Waals surface area contributed by atoms with Gasteiger partial charge in [0.05, 0.1) is 4.90 Å². The van der Waals surface area contributed by atoms with E-state index in [9.17, 15) is 13.2 Å². The maximum atomic E-state index is 13.0. The van der Waals surface area contributed by atoms with Crippen LogP contribution >= 0.6 is 0 Å². The van der Waals surface area contributed by atoms with E-state index >= 15 is 0 Å². The first-order valence-corrected chi connectivity index (χ1v) is 12.1. The van der Waals surface area contributed by atoms with Crippen molar-refractivity contribution < 1.29 is 13.2 Å². The number of anilines is 1. The van der Waals surface area contributed by atoms with E-state index in [1.54, 1.807) is 42.5 Å². The van der Waals surface area contributed by atoms with Crippen LogP contribution in [0.2, 0.25) is 0 Å². The Morgan fingerprint density at radius 1 is 0.903 bits per heavy atom. The summed E-state index contributed by atoms with van der Waals surface area (Å²) in [5, 5.41) is 1.84. The largest absolute Gasteiger partial charge is 0.337 e. The van der Waals surface area contributed by atoms with Crippen molar-refractivity contribution in [3.05, 3.63) is 72.3 Å². The lowest BCUT2D eigenvalue weighted by Gasteiger charge is -2.21. The summed E-state index contributed by atoms with van der Waals surface area (Å²) < 4.78 is 28.5. The number of carbonyl (C=O) groups is 1. The highest BCUT2D eigenvalue weighted by atomic mass is 32.2. The maximum absolute atomic E-state index is 13.0. The van der Waals surface area contributed by atoms with Crippen molar-refractivity contribution in [2.24, 2.45) is 0 Å². The minimum atomic E-state index is -3.77. The van der Waals surface area contributed by atoms with Gasteiger partial charge in [-0.05, 0) is 60.6 Å². The van der Waals surface area contributed by atoms with Crippen molar-refractivity contribution in [1.82, 2.24) is 9.80 Å². The minimum absolute atomic E-state index is 0.0651. The molecule has 162 valence electrons. The van der Waals surface area contributed by atoms with Crippen LogP contribution in [0.3, 0.4) is 0 Å². The lowest BCUT2D eigenvalue weighted by atomic mass is 10.1. The van der Waals surface area contributed by atoms with Crippen LogP contribution in [-0.4, -0.2) is 56.8 Å². The van der Waals surface area contributed by atoms with Gasteiger partial charge < -0.3 is 9.80 Å². The molecular formula is C24H27N3O3S. The lowest BCUT2D eigenvalue weighted by Crippen LogP contribution is -2.35. The van der Waals surface area contributed by atoms with E-state index in [4.69, 9.17) is 0 Å². The quantitative estimate of drug-likeness (QED) is 0.659. The van der Waals surface area contributed by atoms with Gasteiger partial charge in [-0.2, -0.15) is 0 Å². The fourth-order valence-corrected chi connectivity index (χ4v) is 5.02. The van der Waals surface area contributed by atoms with Crippen molar-refractivity contribution >= 4 is 32.4 Å². The normalized spacial score (nSPS) is 15.6. The predicted molar refractivity (Wildman–Crippen MR) is 124 cm³/mol. The van der Waals surface area contributed by atoms with Crippen molar-refractivity contribution in [2.75, 3.05) is 37.4 Å². The first-order chi connectivity index (χ1) is 15.0. The molecular weight excluding hydrogens is 410 g/mol. The molecule has 1 heterocycles. The van der Waals surface area contributed by atoms with Crippen molar-refractivity contribution in [3.8, 4) is 0 Å². The Morgan fingerprint density at radius 3 is 2.52 bits per heavy atom. The Hall–Kier alpha value is -2.90. The van der Waals surface area contributed by atoms with Gasteiger partial charge in [-0.3, -0.25) is 9.52 Å². The molecule has 1 amide bonds. The Bertz CT molecular complexity index is 1190. The monoisotopic (exact) mass is 437 g/mol. The molecule has 7 heteroatoms. The number of hydrogen-bond donors (Lipinski definition) is 1. The Kier molecular flexibility index (Phi) is 6.25. The smallest absolute Gasteiger partial charge is 0.261 e. The average molecular weight is 438 g/mol. The van der Waals surface area contributed by atoms with Gasteiger partial charge in [0.1, 0.15) is 0 Å². The van der Waals surface area contributed by atoms with Gasteiger partial charge in [0, 0.05) is 30.9 Å². The average Bonchev–Trinajstić information content (AvgIpc) is 3.04. The van der Waals surface area contributed by atoms with E-state index in [1.807, 2.05) is 29.2 Å². The molecule has 0 aromatic heterocycles. The molecule has 0 aliphatic carbocycles. The van der Waals surface area contributed by atoms with Crippen LogP contribution in [0.5, 0.6) is 0 Å².